The van der Waals surface area contributed by atoms with Crippen molar-refractivity contribution in [3.63, 3.8) is 0 Å². The van der Waals surface area contributed by atoms with Gasteiger partial charge in [-0.2, -0.15) is 0 Å². The average molecular weight is 486 g/mol. The van der Waals surface area contributed by atoms with Crippen LogP contribution in [0.1, 0.15) is 22.3 Å². The molecule has 2 aromatic carbocycles. The third kappa shape index (κ3) is 6.79. The summed E-state index contributed by atoms with van der Waals surface area (Å²) in [6.07, 6.45) is 3.48. The van der Waals surface area contributed by atoms with Crippen LogP contribution in [0.15, 0.2) is 60.9 Å². The van der Waals surface area contributed by atoms with E-state index in [1.54, 1.807) is 18.5 Å². The van der Waals surface area contributed by atoms with Gasteiger partial charge in [-0.15, -0.1) is 0 Å². The van der Waals surface area contributed by atoms with Crippen LogP contribution in [0.2, 0.25) is 0 Å². The number of hydrogen-bond donors (Lipinski definition) is 2. The Kier molecular flexibility index (Phi) is 8.28. The molecule has 0 amide bonds. The molecule has 1 heterocycles. The highest BCUT2D eigenvalue weighted by atomic mass is 32.2. The maximum atomic E-state index is 12.8. The van der Waals surface area contributed by atoms with E-state index in [2.05, 4.69) is 47.9 Å². The molecular formula is C24H27N3O2S3. The minimum atomic E-state index is -3.53. The van der Waals surface area contributed by atoms with Crippen LogP contribution >= 0.6 is 24.0 Å². The predicted molar refractivity (Wildman–Crippen MR) is 140 cm³/mol. The number of thiocarbonyl (C=S) groups is 1. The summed E-state index contributed by atoms with van der Waals surface area (Å²) in [5.74, 6) is 0.325. The number of aromatic nitrogens is 1. The van der Waals surface area contributed by atoms with Crippen molar-refractivity contribution in [1.82, 2.24) is 10.3 Å². The Morgan fingerprint density at radius 3 is 2.47 bits per heavy atom. The van der Waals surface area contributed by atoms with Crippen molar-refractivity contribution in [3.8, 4) is 11.1 Å². The average Bonchev–Trinajstić information content (AvgIpc) is 2.73. The summed E-state index contributed by atoms with van der Waals surface area (Å²) >= 11 is 6.63. The van der Waals surface area contributed by atoms with E-state index in [4.69, 9.17) is 12.2 Å². The molecule has 0 aliphatic heterocycles. The van der Waals surface area contributed by atoms with E-state index in [1.807, 2.05) is 30.3 Å². The smallest absolute Gasteiger partial charge is 0.233 e. The van der Waals surface area contributed by atoms with E-state index >= 15 is 0 Å². The first kappa shape index (κ1) is 24.2. The molecule has 0 spiro atoms. The molecule has 3 aromatic rings. The largest absolute Gasteiger partial charge is 0.367 e. The highest BCUT2D eigenvalue weighted by molar-refractivity contribution is 8.23. The van der Waals surface area contributed by atoms with E-state index in [0.717, 1.165) is 27.8 Å². The van der Waals surface area contributed by atoms with Gasteiger partial charge in [-0.05, 0) is 55.2 Å². The second kappa shape index (κ2) is 10.9. The third-order valence-electron chi connectivity index (χ3n) is 4.88. The number of para-hydroxylation sites is 1. The number of aryl methyl sites for hydroxylation is 3. The van der Waals surface area contributed by atoms with Crippen molar-refractivity contribution < 1.29 is 8.42 Å². The van der Waals surface area contributed by atoms with E-state index in [-0.39, 0.29) is 5.75 Å². The van der Waals surface area contributed by atoms with Gasteiger partial charge in [0.2, 0.25) is 10.0 Å². The van der Waals surface area contributed by atoms with Crippen LogP contribution in [0, 0.1) is 20.8 Å². The molecule has 0 unspecified atom stereocenters. The maximum Gasteiger partial charge on any atom is 0.233 e. The van der Waals surface area contributed by atoms with Crippen molar-refractivity contribution in [2.45, 2.75) is 27.3 Å². The van der Waals surface area contributed by atoms with Crippen LogP contribution in [0.4, 0.5) is 5.69 Å². The molecule has 0 saturated heterocycles. The number of benzene rings is 2. The lowest BCUT2D eigenvalue weighted by molar-refractivity contribution is 0.602. The number of pyridine rings is 1. The zero-order valence-corrected chi connectivity index (χ0v) is 20.8. The Bertz CT molecular complexity index is 1170. The molecule has 0 aliphatic carbocycles. The summed E-state index contributed by atoms with van der Waals surface area (Å²) in [6.45, 7) is 6.73. The van der Waals surface area contributed by atoms with Gasteiger partial charge < -0.3 is 5.32 Å². The third-order valence-corrected chi connectivity index (χ3v) is 7.73. The molecule has 0 saturated carbocycles. The second-order valence-corrected chi connectivity index (χ2v) is 11.2. The Labute approximate surface area is 200 Å². The molecule has 1 aromatic heterocycles. The lowest BCUT2D eigenvalue weighted by Gasteiger charge is -2.17. The summed E-state index contributed by atoms with van der Waals surface area (Å²) in [7, 11) is -3.53. The lowest BCUT2D eigenvalue weighted by Crippen LogP contribution is -2.22. The molecule has 2 N–H and O–H groups in total. The number of nitrogens with one attached hydrogen (secondary N) is 2. The van der Waals surface area contributed by atoms with Crippen molar-refractivity contribution in [3.05, 3.63) is 83.2 Å². The molecule has 168 valence electrons. The van der Waals surface area contributed by atoms with E-state index in [1.165, 1.54) is 17.3 Å². The topological polar surface area (TPSA) is 71.1 Å². The molecule has 3 rings (SSSR count). The second-order valence-electron chi connectivity index (χ2n) is 7.59. The first-order valence-corrected chi connectivity index (χ1v) is 13.3. The minimum absolute atomic E-state index is 0.0351. The van der Waals surface area contributed by atoms with Gasteiger partial charge in [0.1, 0.15) is 4.32 Å². The van der Waals surface area contributed by atoms with Gasteiger partial charge in [0.25, 0.3) is 0 Å². The number of rotatable bonds is 8. The minimum Gasteiger partial charge on any atom is -0.367 e. The first-order valence-electron chi connectivity index (χ1n) is 10.2. The standard InChI is InChI=1S/C24H27N3O2S3/c1-17-13-18(2)23(19(3)14-17)21-8-4-5-9-22(21)27-32(28,29)12-11-31-24(30)26-16-20-7-6-10-25-15-20/h4-10,13-15,27H,11-12,16H2,1-3H3,(H,26,30). The van der Waals surface area contributed by atoms with E-state index in [9.17, 15) is 8.42 Å². The van der Waals surface area contributed by atoms with Gasteiger partial charge in [-0.1, -0.05) is 65.9 Å². The van der Waals surface area contributed by atoms with E-state index < -0.39 is 10.0 Å². The van der Waals surface area contributed by atoms with Crippen molar-refractivity contribution in [2.24, 2.45) is 0 Å². The summed E-state index contributed by atoms with van der Waals surface area (Å²) in [4.78, 5) is 4.06. The predicted octanol–water partition coefficient (Wildman–Crippen LogP) is 5.22. The molecule has 0 aliphatic rings. The molecule has 5 nitrogen and oxygen atoms in total. The summed E-state index contributed by atoms with van der Waals surface area (Å²) in [5.41, 5.74) is 6.97. The molecule has 0 fully saturated rings. The maximum absolute atomic E-state index is 12.8. The normalized spacial score (nSPS) is 11.2. The van der Waals surface area contributed by atoms with Crippen molar-refractivity contribution in [1.29, 1.82) is 0 Å². The van der Waals surface area contributed by atoms with Gasteiger partial charge in [-0.3, -0.25) is 9.71 Å². The van der Waals surface area contributed by atoms with Crippen LogP contribution < -0.4 is 10.0 Å². The fourth-order valence-electron chi connectivity index (χ4n) is 3.59. The first-order chi connectivity index (χ1) is 15.2. The summed E-state index contributed by atoms with van der Waals surface area (Å²) in [5, 5.41) is 3.12. The zero-order chi connectivity index (χ0) is 23.1. The fraction of sp³-hybridized carbons (Fsp3) is 0.250. The van der Waals surface area contributed by atoms with Crippen LogP contribution in [-0.2, 0) is 16.6 Å². The Balaban J connectivity index is 1.62. The van der Waals surface area contributed by atoms with Gasteiger partial charge >= 0.3 is 0 Å². The highest BCUT2D eigenvalue weighted by Gasteiger charge is 2.16. The monoisotopic (exact) mass is 485 g/mol. The number of anilines is 1. The van der Waals surface area contributed by atoms with Crippen molar-refractivity contribution in [2.75, 3.05) is 16.2 Å². The Hall–Kier alpha value is -2.42. The van der Waals surface area contributed by atoms with Gasteiger partial charge in [-0.25, -0.2) is 8.42 Å². The number of sulfonamides is 1. The Morgan fingerprint density at radius 1 is 1.06 bits per heavy atom. The quantitative estimate of drug-likeness (QED) is 0.426. The molecule has 0 radical (unpaired) electrons. The van der Waals surface area contributed by atoms with Crippen LogP contribution in [0.25, 0.3) is 11.1 Å². The Morgan fingerprint density at radius 2 is 1.78 bits per heavy atom. The lowest BCUT2D eigenvalue weighted by atomic mass is 9.93. The zero-order valence-electron chi connectivity index (χ0n) is 18.4. The van der Waals surface area contributed by atoms with Crippen LogP contribution in [0.3, 0.4) is 0 Å². The van der Waals surface area contributed by atoms with Crippen LogP contribution in [0.5, 0.6) is 0 Å². The van der Waals surface area contributed by atoms with E-state index in [0.29, 0.717) is 22.3 Å². The summed E-state index contributed by atoms with van der Waals surface area (Å²) in [6, 6.07) is 15.6. The van der Waals surface area contributed by atoms with Gasteiger partial charge in [0.05, 0.1) is 11.4 Å². The molecule has 32 heavy (non-hydrogen) atoms. The van der Waals surface area contributed by atoms with Crippen LogP contribution in [-0.4, -0.2) is 29.2 Å². The fourth-order valence-corrected chi connectivity index (χ4v) is 6.09. The number of nitrogens with zero attached hydrogens (tertiary/aromatic N) is 1. The highest BCUT2D eigenvalue weighted by Crippen LogP contribution is 2.34. The number of thioether (sulfide) groups is 1. The molecule has 0 atom stereocenters. The summed E-state index contributed by atoms with van der Waals surface area (Å²) < 4.78 is 28.9. The SMILES string of the molecule is Cc1cc(C)c(-c2ccccc2NS(=O)(=O)CCSC(=S)NCc2cccnc2)c(C)c1. The molecular weight excluding hydrogens is 458 g/mol. The van der Waals surface area contributed by atoms with Gasteiger partial charge in [0.15, 0.2) is 0 Å². The molecule has 8 heteroatoms. The van der Waals surface area contributed by atoms with Gasteiger partial charge in [0, 0.05) is 30.3 Å². The molecule has 0 bridgehead atoms. The van der Waals surface area contributed by atoms with Crippen molar-refractivity contribution >= 4 is 44.0 Å². The number of hydrogen-bond acceptors (Lipinski definition) is 5.